The highest BCUT2D eigenvalue weighted by Crippen LogP contribution is 2.18. The molecule has 122 valence electrons. The second-order valence-electron chi connectivity index (χ2n) is 5.45. The van der Waals surface area contributed by atoms with Crippen molar-refractivity contribution in [2.24, 2.45) is 0 Å². The Balaban J connectivity index is 2.01. The first-order chi connectivity index (χ1) is 10.3. The minimum atomic E-state index is -3.64. The Morgan fingerprint density at radius 2 is 1.68 bits per heavy atom. The van der Waals surface area contributed by atoms with Gasteiger partial charge in [-0.2, -0.15) is 4.31 Å². The van der Waals surface area contributed by atoms with E-state index in [0.29, 0.717) is 13.1 Å². The standard InChI is InChI=1S/C14H20FN3O3S/c1-11(2)16-14(19)17-7-9-18(10-8-17)22(20,21)13-5-3-12(15)4-6-13/h3-6,11H,7-10H2,1-2H3,(H,16,19). The molecule has 0 aliphatic carbocycles. The van der Waals surface area contributed by atoms with Gasteiger partial charge in [0, 0.05) is 32.2 Å². The van der Waals surface area contributed by atoms with Gasteiger partial charge in [-0.1, -0.05) is 0 Å². The number of rotatable bonds is 3. The molecule has 0 bridgehead atoms. The summed E-state index contributed by atoms with van der Waals surface area (Å²) in [4.78, 5) is 13.5. The summed E-state index contributed by atoms with van der Waals surface area (Å²) in [5.41, 5.74) is 0. The molecule has 1 aromatic rings. The van der Waals surface area contributed by atoms with Crippen LogP contribution in [0.1, 0.15) is 13.8 Å². The number of carbonyl (C=O) groups is 1. The highest BCUT2D eigenvalue weighted by molar-refractivity contribution is 7.89. The van der Waals surface area contributed by atoms with Crippen molar-refractivity contribution >= 4 is 16.1 Å². The Morgan fingerprint density at radius 3 is 2.18 bits per heavy atom. The molecule has 8 heteroatoms. The van der Waals surface area contributed by atoms with Gasteiger partial charge < -0.3 is 10.2 Å². The summed E-state index contributed by atoms with van der Waals surface area (Å²) in [7, 11) is -3.64. The summed E-state index contributed by atoms with van der Waals surface area (Å²) in [6, 6.07) is 4.60. The van der Waals surface area contributed by atoms with Gasteiger partial charge in [0.2, 0.25) is 10.0 Å². The number of sulfonamides is 1. The number of piperazine rings is 1. The molecular formula is C14H20FN3O3S. The number of nitrogens with zero attached hydrogens (tertiary/aromatic N) is 2. The summed E-state index contributed by atoms with van der Waals surface area (Å²) in [6.45, 7) is 4.86. The van der Waals surface area contributed by atoms with Gasteiger partial charge in [0.05, 0.1) is 4.90 Å². The van der Waals surface area contributed by atoms with E-state index in [1.807, 2.05) is 13.8 Å². The van der Waals surface area contributed by atoms with Crippen LogP contribution in [0.2, 0.25) is 0 Å². The molecule has 0 saturated carbocycles. The lowest BCUT2D eigenvalue weighted by atomic mass is 10.3. The zero-order valence-electron chi connectivity index (χ0n) is 12.6. The van der Waals surface area contributed by atoms with Crippen molar-refractivity contribution in [2.75, 3.05) is 26.2 Å². The lowest BCUT2D eigenvalue weighted by Gasteiger charge is -2.34. The van der Waals surface area contributed by atoms with Crippen molar-refractivity contribution < 1.29 is 17.6 Å². The highest BCUT2D eigenvalue weighted by Gasteiger charge is 2.30. The number of amides is 2. The summed E-state index contributed by atoms with van der Waals surface area (Å²) in [5, 5.41) is 2.78. The molecule has 1 heterocycles. The number of benzene rings is 1. The average molecular weight is 329 g/mol. The largest absolute Gasteiger partial charge is 0.336 e. The normalized spacial score (nSPS) is 16.8. The lowest BCUT2D eigenvalue weighted by molar-refractivity contribution is 0.170. The van der Waals surface area contributed by atoms with E-state index < -0.39 is 15.8 Å². The van der Waals surface area contributed by atoms with Gasteiger partial charge in [0.25, 0.3) is 0 Å². The lowest BCUT2D eigenvalue weighted by Crippen LogP contribution is -2.53. The number of carbonyl (C=O) groups excluding carboxylic acids is 1. The quantitative estimate of drug-likeness (QED) is 0.907. The molecule has 1 aliphatic rings. The molecule has 6 nitrogen and oxygen atoms in total. The Morgan fingerprint density at radius 1 is 1.14 bits per heavy atom. The highest BCUT2D eigenvalue weighted by atomic mass is 32.2. The third-order valence-electron chi connectivity index (χ3n) is 3.39. The van der Waals surface area contributed by atoms with E-state index in [1.54, 1.807) is 4.90 Å². The van der Waals surface area contributed by atoms with Gasteiger partial charge in [-0.05, 0) is 38.1 Å². The third kappa shape index (κ3) is 3.75. The van der Waals surface area contributed by atoms with E-state index in [2.05, 4.69) is 5.32 Å². The molecule has 22 heavy (non-hydrogen) atoms. The fourth-order valence-corrected chi connectivity index (χ4v) is 3.65. The van der Waals surface area contributed by atoms with Crippen LogP contribution in [-0.4, -0.2) is 55.9 Å². The Kier molecular flexibility index (Phi) is 5.02. The third-order valence-corrected chi connectivity index (χ3v) is 5.30. The maximum atomic E-state index is 12.9. The molecule has 2 rings (SSSR count). The molecule has 2 amide bonds. The summed E-state index contributed by atoms with van der Waals surface area (Å²) >= 11 is 0. The minimum Gasteiger partial charge on any atom is -0.336 e. The first kappa shape index (κ1) is 16.7. The fourth-order valence-electron chi connectivity index (χ4n) is 2.23. The molecule has 1 N–H and O–H groups in total. The van der Waals surface area contributed by atoms with Crippen LogP contribution < -0.4 is 5.32 Å². The topological polar surface area (TPSA) is 69.7 Å². The first-order valence-electron chi connectivity index (χ1n) is 7.12. The van der Waals surface area contributed by atoms with Gasteiger partial charge in [-0.25, -0.2) is 17.6 Å². The van der Waals surface area contributed by atoms with Gasteiger partial charge in [-0.15, -0.1) is 0 Å². The molecule has 1 saturated heterocycles. The fraction of sp³-hybridized carbons (Fsp3) is 0.500. The molecule has 1 aromatic carbocycles. The zero-order chi connectivity index (χ0) is 16.3. The van der Waals surface area contributed by atoms with E-state index in [0.717, 1.165) is 12.1 Å². The van der Waals surface area contributed by atoms with Crippen molar-refractivity contribution in [3.05, 3.63) is 30.1 Å². The predicted octanol–water partition coefficient (Wildman–Crippen LogP) is 1.25. The second kappa shape index (κ2) is 6.62. The van der Waals surface area contributed by atoms with Crippen molar-refractivity contribution in [1.29, 1.82) is 0 Å². The number of urea groups is 1. The van der Waals surface area contributed by atoms with Crippen LogP contribution in [-0.2, 0) is 10.0 Å². The van der Waals surface area contributed by atoms with Crippen LogP contribution in [0.5, 0.6) is 0 Å². The number of halogens is 1. The first-order valence-corrected chi connectivity index (χ1v) is 8.56. The average Bonchev–Trinajstić information content (AvgIpc) is 2.47. The number of hydrogen-bond donors (Lipinski definition) is 1. The van der Waals surface area contributed by atoms with E-state index in [9.17, 15) is 17.6 Å². The SMILES string of the molecule is CC(C)NC(=O)N1CCN(S(=O)(=O)c2ccc(F)cc2)CC1. The number of hydrogen-bond acceptors (Lipinski definition) is 3. The summed E-state index contributed by atoms with van der Waals surface area (Å²) in [6.07, 6.45) is 0. The molecule has 1 aliphatic heterocycles. The maximum Gasteiger partial charge on any atom is 0.317 e. The van der Waals surface area contributed by atoms with Crippen LogP contribution in [0.4, 0.5) is 9.18 Å². The van der Waals surface area contributed by atoms with E-state index >= 15 is 0 Å². The minimum absolute atomic E-state index is 0.0356. The maximum absolute atomic E-state index is 12.9. The van der Waals surface area contributed by atoms with E-state index in [1.165, 1.54) is 16.4 Å². The van der Waals surface area contributed by atoms with Crippen LogP contribution in [0, 0.1) is 5.82 Å². The van der Waals surface area contributed by atoms with Gasteiger partial charge >= 0.3 is 6.03 Å². The monoisotopic (exact) mass is 329 g/mol. The van der Waals surface area contributed by atoms with E-state index in [-0.39, 0.29) is 30.1 Å². The van der Waals surface area contributed by atoms with Crippen molar-refractivity contribution in [1.82, 2.24) is 14.5 Å². The Hall–Kier alpha value is -1.67. The predicted molar refractivity (Wildman–Crippen MR) is 80.4 cm³/mol. The van der Waals surface area contributed by atoms with E-state index in [4.69, 9.17) is 0 Å². The molecule has 1 fully saturated rings. The Bertz CT molecular complexity index is 623. The molecule has 0 unspecified atom stereocenters. The smallest absolute Gasteiger partial charge is 0.317 e. The summed E-state index contributed by atoms with van der Waals surface area (Å²) < 4.78 is 39.1. The van der Waals surface area contributed by atoms with Crippen molar-refractivity contribution in [3.63, 3.8) is 0 Å². The molecule has 0 radical (unpaired) electrons. The number of nitrogens with one attached hydrogen (secondary N) is 1. The van der Waals surface area contributed by atoms with Gasteiger partial charge in [0.15, 0.2) is 0 Å². The molecule has 0 atom stereocenters. The molecule has 0 aromatic heterocycles. The van der Waals surface area contributed by atoms with Crippen LogP contribution >= 0.6 is 0 Å². The molecular weight excluding hydrogens is 309 g/mol. The Labute approximate surface area is 130 Å². The zero-order valence-corrected chi connectivity index (χ0v) is 13.4. The second-order valence-corrected chi connectivity index (χ2v) is 7.39. The van der Waals surface area contributed by atoms with Crippen LogP contribution in [0.25, 0.3) is 0 Å². The summed E-state index contributed by atoms with van der Waals surface area (Å²) in [5.74, 6) is -0.478. The van der Waals surface area contributed by atoms with Crippen molar-refractivity contribution in [2.45, 2.75) is 24.8 Å². The van der Waals surface area contributed by atoms with Crippen LogP contribution in [0.3, 0.4) is 0 Å². The van der Waals surface area contributed by atoms with Crippen molar-refractivity contribution in [3.8, 4) is 0 Å². The van der Waals surface area contributed by atoms with Gasteiger partial charge in [0.1, 0.15) is 5.82 Å². The van der Waals surface area contributed by atoms with Crippen LogP contribution in [0.15, 0.2) is 29.2 Å². The molecule has 0 spiro atoms. The van der Waals surface area contributed by atoms with Gasteiger partial charge in [-0.3, -0.25) is 0 Å².